The molecule has 92 valence electrons. The van der Waals surface area contributed by atoms with Crippen LogP contribution in [0.2, 0.25) is 0 Å². The smallest absolute Gasteiger partial charge is 0.124 e. The van der Waals surface area contributed by atoms with Crippen molar-refractivity contribution in [2.24, 2.45) is 0 Å². The van der Waals surface area contributed by atoms with Crippen molar-refractivity contribution in [3.63, 3.8) is 0 Å². The number of fused-ring (bicyclic) bond motifs is 3. The Morgan fingerprint density at radius 1 is 1.22 bits per heavy atom. The summed E-state index contributed by atoms with van der Waals surface area (Å²) in [5.74, 6) is 0.605. The molecule has 3 heteroatoms. The first kappa shape index (κ1) is 11.1. The largest absolute Gasteiger partial charge is 0.384 e. The highest BCUT2D eigenvalue weighted by Crippen LogP contribution is 2.30. The van der Waals surface area contributed by atoms with Crippen LogP contribution in [-0.2, 0) is 6.42 Å². The molecule has 0 spiro atoms. The van der Waals surface area contributed by atoms with E-state index in [0.29, 0.717) is 5.82 Å². The summed E-state index contributed by atoms with van der Waals surface area (Å²) in [5.41, 5.74) is 10.6. The van der Waals surface area contributed by atoms with Crippen LogP contribution in [-0.4, -0.2) is 9.97 Å². The third-order valence-corrected chi connectivity index (χ3v) is 3.41. The summed E-state index contributed by atoms with van der Waals surface area (Å²) in [6.07, 6.45) is 2.02. The van der Waals surface area contributed by atoms with Crippen LogP contribution >= 0.6 is 0 Å². The van der Waals surface area contributed by atoms with Crippen molar-refractivity contribution in [1.29, 1.82) is 0 Å². The van der Waals surface area contributed by atoms with Gasteiger partial charge in [0, 0.05) is 16.3 Å². The fourth-order valence-electron chi connectivity index (χ4n) is 2.57. The van der Waals surface area contributed by atoms with Crippen LogP contribution in [0.4, 0.5) is 5.82 Å². The molecule has 0 fully saturated rings. The van der Waals surface area contributed by atoms with Crippen LogP contribution in [0.1, 0.15) is 24.6 Å². The maximum Gasteiger partial charge on any atom is 0.124 e. The predicted molar refractivity (Wildman–Crippen MR) is 76.7 cm³/mol. The van der Waals surface area contributed by atoms with E-state index >= 15 is 0 Å². The van der Waals surface area contributed by atoms with Crippen LogP contribution in [0.5, 0.6) is 0 Å². The number of anilines is 1. The standard InChI is InChI=1S/C15H17N3/c1-3-5-12-15-11(8-13(16)17-12)10-7-4-6-9(2)14(10)18-15/h4,6-8,18H,3,5H2,1-2H3,(H2,16,17). The summed E-state index contributed by atoms with van der Waals surface area (Å²) in [6.45, 7) is 4.28. The molecule has 3 aromatic rings. The average molecular weight is 239 g/mol. The summed E-state index contributed by atoms with van der Waals surface area (Å²) in [4.78, 5) is 7.97. The highest BCUT2D eigenvalue weighted by molar-refractivity contribution is 6.09. The minimum atomic E-state index is 0.605. The third-order valence-electron chi connectivity index (χ3n) is 3.41. The van der Waals surface area contributed by atoms with Gasteiger partial charge in [-0.05, 0) is 25.0 Å². The van der Waals surface area contributed by atoms with Crippen LogP contribution in [0.25, 0.3) is 21.8 Å². The van der Waals surface area contributed by atoms with E-state index in [1.807, 2.05) is 6.07 Å². The van der Waals surface area contributed by atoms with Crippen LogP contribution in [0.3, 0.4) is 0 Å². The van der Waals surface area contributed by atoms with Gasteiger partial charge in [0.15, 0.2) is 0 Å². The number of aryl methyl sites for hydroxylation is 2. The lowest BCUT2D eigenvalue weighted by Crippen LogP contribution is -1.96. The maximum atomic E-state index is 5.92. The number of nitrogens with two attached hydrogens (primary N) is 1. The molecule has 1 aromatic carbocycles. The zero-order chi connectivity index (χ0) is 12.7. The summed E-state index contributed by atoms with van der Waals surface area (Å²) < 4.78 is 0. The fourth-order valence-corrected chi connectivity index (χ4v) is 2.57. The number of hydrogen-bond acceptors (Lipinski definition) is 2. The van der Waals surface area contributed by atoms with Crippen molar-refractivity contribution in [1.82, 2.24) is 9.97 Å². The van der Waals surface area contributed by atoms with Gasteiger partial charge in [0.05, 0.1) is 11.2 Å². The number of nitrogens with one attached hydrogen (secondary N) is 1. The van der Waals surface area contributed by atoms with Gasteiger partial charge in [-0.25, -0.2) is 4.98 Å². The molecule has 0 saturated carbocycles. The minimum absolute atomic E-state index is 0.605. The first-order valence-corrected chi connectivity index (χ1v) is 6.37. The maximum absolute atomic E-state index is 5.92. The molecular weight excluding hydrogens is 222 g/mol. The molecule has 0 atom stereocenters. The van der Waals surface area contributed by atoms with Gasteiger partial charge in [-0.1, -0.05) is 31.5 Å². The number of aromatic nitrogens is 2. The number of nitrogen functional groups attached to an aromatic ring is 1. The zero-order valence-electron chi connectivity index (χ0n) is 10.7. The SMILES string of the molecule is CCCc1nc(N)cc2c1[nH]c1c(C)cccc12. The lowest BCUT2D eigenvalue weighted by molar-refractivity contribution is 0.893. The van der Waals surface area contributed by atoms with Crippen molar-refractivity contribution in [2.75, 3.05) is 5.73 Å². The van der Waals surface area contributed by atoms with E-state index in [2.05, 4.69) is 42.0 Å². The van der Waals surface area contributed by atoms with Crippen molar-refractivity contribution in [3.8, 4) is 0 Å². The molecule has 0 unspecified atom stereocenters. The Balaban J connectivity index is 2.45. The van der Waals surface area contributed by atoms with E-state index in [1.165, 1.54) is 21.9 Å². The Hall–Kier alpha value is -2.03. The number of aromatic amines is 1. The number of pyridine rings is 1. The number of nitrogens with zero attached hydrogens (tertiary/aromatic N) is 1. The number of para-hydroxylation sites is 1. The highest BCUT2D eigenvalue weighted by atomic mass is 14.9. The van der Waals surface area contributed by atoms with Crippen molar-refractivity contribution in [2.45, 2.75) is 26.7 Å². The highest BCUT2D eigenvalue weighted by Gasteiger charge is 2.11. The normalized spacial score (nSPS) is 11.4. The quantitative estimate of drug-likeness (QED) is 0.718. The molecule has 3 N–H and O–H groups in total. The zero-order valence-corrected chi connectivity index (χ0v) is 10.7. The lowest BCUT2D eigenvalue weighted by atomic mass is 10.1. The molecule has 0 aliphatic heterocycles. The number of H-pyrrole nitrogens is 1. The first-order valence-electron chi connectivity index (χ1n) is 6.37. The van der Waals surface area contributed by atoms with Crippen LogP contribution in [0, 0.1) is 6.92 Å². The lowest BCUT2D eigenvalue weighted by Gasteiger charge is -2.02. The van der Waals surface area contributed by atoms with Crippen LogP contribution < -0.4 is 5.73 Å². The van der Waals surface area contributed by atoms with Gasteiger partial charge in [-0.15, -0.1) is 0 Å². The Kier molecular flexibility index (Phi) is 2.47. The Morgan fingerprint density at radius 2 is 2.06 bits per heavy atom. The molecule has 0 saturated heterocycles. The molecule has 2 aromatic heterocycles. The van der Waals surface area contributed by atoms with Crippen molar-refractivity contribution >= 4 is 27.6 Å². The van der Waals surface area contributed by atoms with Gasteiger partial charge in [-0.2, -0.15) is 0 Å². The van der Waals surface area contributed by atoms with Crippen molar-refractivity contribution in [3.05, 3.63) is 35.5 Å². The van der Waals surface area contributed by atoms with E-state index in [0.717, 1.165) is 24.1 Å². The molecule has 0 bridgehead atoms. The molecule has 0 radical (unpaired) electrons. The average Bonchev–Trinajstić information content (AvgIpc) is 2.70. The van der Waals surface area contributed by atoms with E-state index < -0.39 is 0 Å². The third kappa shape index (κ3) is 1.55. The summed E-state index contributed by atoms with van der Waals surface area (Å²) in [7, 11) is 0. The van der Waals surface area contributed by atoms with Gasteiger partial charge in [0.1, 0.15) is 5.82 Å². The summed E-state index contributed by atoms with van der Waals surface area (Å²) in [6, 6.07) is 8.30. The van der Waals surface area contributed by atoms with Gasteiger partial charge in [0.2, 0.25) is 0 Å². The number of benzene rings is 1. The fraction of sp³-hybridized carbons (Fsp3) is 0.267. The van der Waals surface area contributed by atoms with E-state index in [9.17, 15) is 0 Å². The van der Waals surface area contributed by atoms with Gasteiger partial charge >= 0.3 is 0 Å². The summed E-state index contributed by atoms with van der Waals surface area (Å²) in [5, 5.41) is 2.42. The second-order valence-electron chi connectivity index (χ2n) is 4.79. The van der Waals surface area contributed by atoms with E-state index in [1.54, 1.807) is 0 Å². The second-order valence-corrected chi connectivity index (χ2v) is 4.79. The Morgan fingerprint density at radius 3 is 2.83 bits per heavy atom. The molecule has 2 heterocycles. The second kappa shape index (κ2) is 4.02. The van der Waals surface area contributed by atoms with Gasteiger partial charge in [-0.3, -0.25) is 0 Å². The molecule has 0 aliphatic rings. The van der Waals surface area contributed by atoms with E-state index in [4.69, 9.17) is 5.73 Å². The molecule has 0 aliphatic carbocycles. The first-order chi connectivity index (χ1) is 8.70. The Bertz CT molecular complexity index is 725. The predicted octanol–water partition coefficient (Wildman–Crippen LogP) is 3.56. The summed E-state index contributed by atoms with van der Waals surface area (Å²) >= 11 is 0. The molecule has 0 amide bonds. The van der Waals surface area contributed by atoms with Gasteiger partial charge in [0.25, 0.3) is 0 Å². The minimum Gasteiger partial charge on any atom is -0.384 e. The molecule has 3 nitrogen and oxygen atoms in total. The molecule has 3 rings (SSSR count). The van der Waals surface area contributed by atoms with Crippen LogP contribution in [0.15, 0.2) is 24.3 Å². The number of hydrogen-bond donors (Lipinski definition) is 2. The van der Waals surface area contributed by atoms with E-state index in [-0.39, 0.29) is 0 Å². The monoisotopic (exact) mass is 239 g/mol. The number of rotatable bonds is 2. The Labute approximate surface area is 106 Å². The molecular formula is C15H17N3. The van der Waals surface area contributed by atoms with Gasteiger partial charge < -0.3 is 10.7 Å². The topological polar surface area (TPSA) is 54.7 Å². The van der Waals surface area contributed by atoms with Crippen molar-refractivity contribution < 1.29 is 0 Å². The molecule has 18 heavy (non-hydrogen) atoms.